The number of ether oxygens (including phenoxy) is 3. The zero-order valence-electron chi connectivity index (χ0n) is 17.8. The zero-order valence-corrected chi connectivity index (χ0v) is 17.8. The second kappa shape index (κ2) is 8.11. The Balaban J connectivity index is 1.46. The van der Waals surface area contributed by atoms with Gasteiger partial charge in [-0.1, -0.05) is 18.2 Å². The summed E-state index contributed by atoms with van der Waals surface area (Å²) in [5.74, 6) is 0.521. The Morgan fingerprint density at radius 3 is 2.75 bits per heavy atom. The molecule has 0 amide bonds. The van der Waals surface area contributed by atoms with Gasteiger partial charge in [0.05, 0.1) is 25.4 Å². The van der Waals surface area contributed by atoms with Crippen LogP contribution in [-0.4, -0.2) is 94.0 Å². The Morgan fingerprint density at radius 2 is 2.00 bits per heavy atom. The molecule has 1 spiro atoms. The van der Waals surface area contributed by atoms with Gasteiger partial charge >= 0.3 is 0 Å². The van der Waals surface area contributed by atoms with Crippen molar-refractivity contribution in [2.24, 2.45) is 0 Å². The molecular formula is C23H29NO8. The Kier molecular flexibility index (Phi) is 5.53. The average Bonchev–Trinajstić information content (AvgIpc) is 3.18. The Labute approximate surface area is 185 Å². The average molecular weight is 447 g/mol. The van der Waals surface area contributed by atoms with Gasteiger partial charge in [0.25, 0.3) is 0 Å². The summed E-state index contributed by atoms with van der Waals surface area (Å²) < 4.78 is 17.0. The molecule has 5 rings (SSSR count). The number of phenols is 1. The van der Waals surface area contributed by atoms with Crippen LogP contribution in [0, 0.1) is 0 Å². The molecule has 0 aromatic heterocycles. The zero-order chi connectivity index (χ0) is 22.6. The number of rotatable bonds is 4. The monoisotopic (exact) mass is 447 g/mol. The van der Waals surface area contributed by atoms with E-state index in [1.165, 1.54) is 7.11 Å². The molecule has 1 saturated heterocycles. The summed E-state index contributed by atoms with van der Waals surface area (Å²) in [6, 6.07) is 3.65. The third-order valence-corrected chi connectivity index (χ3v) is 7.19. The van der Waals surface area contributed by atoms with E-state index >= 15 is 0 Å². The quantitative estimate of drug-likeness (QED) is 0.416. The maximum atomic E-state index is 10.4. The molecule has 1 aliphatic carbocycles. The van der Waals surface area contributed by atoms with Gasteiger partial charge in [-0.05, 0) is 35.3 Å². The number of fused-ring (bicyclic) bond motifs is 1. The fraction of sp³-hybridized carbons (Fsp3) is 0.565. The van der Waals surface area contributed by atoms with Gasteiger partial charge < -0.3 is 39.7 Å². The van der Waals surface area contributed by atoms with E-state index in [9.17, 15) is 25.5 Å². The van der Waals surface area contributed by atoms with E-state index in [-0.39, 0.29) is 5.75 Å². The fourth-order valence-corrected chi connectivity index (χ4v) is 5.52. The fourth-order valence-electron chi connectivity index (χ4n) is 5.52. The molecule has 9 nitrogen and oxygen atoms in total. The topological polar surface area (TPSA) is 132 Å². The molecule has 0 unspecified atom stereocenters. The lowest BCUT2D eigenvalue weighted by Gasteiger charge is -2.49. The van der Waals surface area contributed by atoms with E-state index < -0.39 is 49.0 Å². The van der Waals surface area contributed by atoms with Crippen molar-refractivity contribution >= 4 is 0 Å². The van der Waals surface area contributed by atoms with Crippen molar-refractivity contribution in [1.29, 1.82) is 0 Å². The van der Waals surface area contributed by atoms with Crippen LogP contribution in [0.4, 0.5) is 0 Å². The van der Waals surface area contributed by atoms with E-state index in [2.05, 4.69) is 11.0 Å². The van der Waals surface area contributed by atoms with Gasteiger partial charge in [-0.25, -0.2) is 0 Å². The molecule has 3 heterocycles. The number of aliphatic hydroxyl groups is 4. The molecule has 0 radical (unpaired) electrons. The normalized spacial score (nSPS) is 38.6. The van der Waals surface area contributed by atoms with Crippen LogP contribution in [0.3, 0.4) is 0 Å². The SMILES string of the molecule is COc1cc2c(cc1O)CCN1CC=C3C=C[C@H](O[C@@H]4O[C@H](CO)[C@@H](O)[C@H](O)[C@H]4O)C[C@]321. The minimum absolute atomic E-state index is 0.111. The molecule has 3 aliphatic heterocycles. The van der Waals surface area contributed by atoms with Crippen LogP contribution in [0.15, 0.2) is 35.9 Å². The second-order valence-electron chi connectivity index (χ2n) is 8.83. The lowest BCUT2D eigenvalue weighted by Crippen LogP contribution is -2.60. The molecule has 32 heavy (non-hydrogen) atoms. The van der Waals surface area contributed by atoms with Crippen LogP contribution >= 0.6 is 0 Å². The molecule has 1 fully saturated rings. The molecule has 1 aromatic rings. The molecular weight excluding hydrogens is 418 g/mol. The number of methoxy groups -OCH3 is 1. The largest absolute Gasteiger partial charge is 0.504 e. The maximum Gasteiger partial charge on any atom is 0.187 e. The third-order valence-electron chi connectivity index (χ3n) is 7.19. The molecule has 0 saturated carbocycles. The standard InChI is InChI=1S/C23H29NO8/c1-30-17-9-15-12(8-16(17)26)4-6-24-7-5-13-2-3-14(10-23(13,15)24)31-22-21(29)20(28)19(27)18(11-25)32-22/h2-3,5,8-9,14,18-22,25-29H,4,6-7,10-11H2,1H3/t14-,18+,19+,20-,21+,22+,23-/m0/s1. The number of benzene rings is 1. The number of hydrogen-bond acceptors (Lipinski definition) is 9. The van der Waals surface area contributed by atoms with Crippen molar-refractivity contribution in [3.05, 3.63) is 47.1 Å². The van der Waals surface area contributed by atoms with Crippen molar-refractivity contribution in [3.8, 4) is 11.5 Å². The third kappa shape index (κ3) is 3.19. The van der Waals surface area contributed by atoms with Crippen LogP contribution in [0.5, 0.6) is 11.5 Å². The number of phenolic OH excluding ortho intramolecular Hbond substituents is 1. The molecule has 174 valence electrons. The lowest BCUT2D eigenvalue weighted by molar-refractivity contribution is -0.309. The van der Waals surface area contributed by atoms with Gasteiger partial charge in [-0.2, -0.15) is 0 Å². The van der Waals surface area contributed by atoms with Gasteiger partial charge in [0.2, 0.25) is 0 Å². The van der Waals surface area contributed by atoms with Gasteiger partial charge in [-0.15, -0.1) is 0 Å². The van der Waals surface area contributed by atoms with Crippen LogP contribution in [-0.2, 0) is 21.4 Å². The van der Waals surface area contributed by atoms with E-state index in [4.69, 9.17) is 14.2 Å². The highest BCUT2D eigenvalue weighted by Gasteiger charge is 2.52. The van der Waals surface area contributed by atoms with Crippen molar-refractivity contribution in [2.75, 3.05) is 26.8 Å². The molecule has 9 heteroatoms. The Bertz CT molecular complexity index is 946. The van der Waals surface area contributed by atoms with Gasteiger partial charge in [0.1, 0.15) is 24.4 Å². The van der Waals surface area contributed by atoms with Gasteiger partial charge in [0.15, 0.2) is 17.8 Å². The molecule has 4 aliphatic rings. The van der Waals surface area contributed by atoms with Crippen molar-refractivity contribution < 1.29 is 39.7 Å². The summed E-state index contributed by atoms with van der Waals surface area (Å²) >= 11 is 0. The molecule has 0 bridgehead atoms. The summed E-state index contributed by atoms with van der Waals surface area (Å²) in [4.78, 5) is 2.37. The Hall–Kier alpha value is -1.98. The van der Waals surface area contributed by atoms with Crippen molar-refractivity contribution in [3.63, 3.8) is 0 Å². The van der Waals surface area contributed by atoms with Crippen molar-refractivity contribution in [1.82, 2.24) is 4.90 Å². The first kappa shape index (κ1) is 21.8. The summed E-state index contributed by atoms with van der Waals surface area (Å²) in [6.45, 7) is 1.10. The molecule has 7 atom stereocenters. The summed E-state index contributed by atoms with van der Waals surface area (Å²) in [5.41, 5.74) is 2.77. The first-order valence-electron chi connectivity index (χ1n) is 10.9. The smallest absolute Gasteiger partial charge is 0.187 e. The first-order valence-corrected chi connectivity index (χ1v) is 10.9. The van der Waals surface area contributed by atoms with Crippen LogP contribution in [0.25, 0.3) is 0 Å². The van der Waals surface area contributed by atoms with E-state index in [0.29, 0.717) is 12.2 Å². The predicted octanol–water partition coefficient (Wildman–Crippen LogP) is -0.461. The summed E-state index contributed by atoms with van der Waals surface area (Å²) in [7, 11) is 1.52. The maximum absolute atomic E-state index is 10.4. The summed E-state index contributed by atoms with van der Waals surface area (Å²) in [5, 5.41) is 50.3. The Morgan fingerprint density at radius 1 is 1.19 bits per heavy atom. The number of nitrogens with zero attached hydrogens (tertiary/aromatic N) is 1. The van der Waals surface area contributed by atoms with E-state index in [1.807, 2.05) is 18.2 Å². The van der Waals surface area contributed by atoms with E-state index in [0.717, 1.165) is 36.2 Å². The summed E-state index contributed by atoms with van der Waals surface area (Å²) in [6.07, 6.45) is 0.377. The molecule has 5 N–H and O–H groups in total. The second-order valence-corrected chi connectivity index (χ2v) is 8.83. The first-order chi connectivity index (χ1) is 15.4. The number of aromatic hydroxyl groups is 1. The van der Waals surface area contributed by atoms with Crippen molar-refractivity contribution in [2.45, 2.75) is 55.2 Å². The highest BCUT2D eigenvalue weighted by atomic mass is 16.7. The highest BCUT2D eigenvalue weighted by Crippen LogP contribution is 2.52. The number of aliphatic hydroxyl groups excluding tert-OH is 4. The van der Waals surface area contributed by atoms with Gasteiger partial charge in [0, 0.05) is 19.5 Å². The minimum atomic E-state index is -1.49. The predicted molar refractivity (Wildman–Crippen MR) is 112 cm³/mol. The highest BCUT2D eigenvalue weighted by molar-refractivity contribution is 5.57. The van der Waals surface area contributed by atoms with E-state index in [1.54, 1.807) is 6.07 Å². The van der Waals surface area contributed by atoms with Crippen LogP contribution < -0.4 is 4.74 Å². The minimum Gasteiger partial charge on any atom is -0.504 e. The number of hydrogen-bond donors (Lipinski definition) is 5. The van der Waals surface area contributed by atoms with Gasteiger partial charge in [-0.3, -0.25) is 4.90 Å². The van der Waals surface area contributed by atoms with Crippen LogP contribution in [0.1, 0.15) is 17.5 Å². The molecule has 1 aromatic carbocycles. The van der Waals surface area contributed by atoms with Crippen LogP contribution in [0.2, 0.25) is 0 Å². The lowest BCUT2D eigenvalue weighted by atomic mass is 9.71.